The molecule has 0 amide bonds. The van der Waals surface area contributed by atoms with Crippen LogP contribution in [0.15, 0.2) is 83.8 Å². The maximum Gasteiger partial charge on any atom is 0.0573 e. The lowest BCUT2D eigenvalue weighted by Crippen LogP contribution is -2.01. The third-order valence-corrected chi connectivity index (χ3v) is 6.92. The number of hydrogen-bond donors (Lipinski definition) is 0. The van der Waals surface area contributed by atoms with Gasteiger partial charge in [-0.1, -0.05) is 66.7 Å². The van der Waals surface area contributed by atoms with E-state index in [0.29, 0.717) is 11.8 Å². The maximum absolute atomic E-state index is 13.1. The average molecular weight is 316 g/mol. The Hall–Kier alpha value is -2.19. The lowest BCUT2D eigenvalue weighted by atomic mass is 9.86. The molecule has 1 saturated carbocycles. The van der Waals surface area contributed by atoms with Crippen molar-refractivity contribution in [2.24, 2.45) is 0 Å². The molecule has 2 unspecified atom stereocenters. The molecule has 0 saturated heterocycles. The molecule has 2 aliphatic carbocycles. The van der Waals surface area contributed by atoms with Crippen LogP contribution in [-0.2, 0) is 10.8 Å². The monoisotopic (exact) mass is 316 g/mol. The van der Waals surface area contributed by atoms with Gasteiger partial charge in [-0.2, -0.15) is 0 Å². The van der Waals surface area contributed by atoms with Crippen LogP contribution in [0.5, 0.6) is 0 Å². The van der Waals surface area contributed by atoms with Gasteiger partial charge in [0, 0.05) is 16.7 Å². The second kappa shape index (κ2) is 4.90. The van der Waals surface area contributed by atoms with E-state index < -0.39 is 10.8 Å². The van der Waals surface area contributed by atoms with Crippen molar-refractivity contribution in [3.8, 4) is 11.1 Å². The highest BCUT2D eigenvalue weighted by atomic mass is 32.2. The lowest BCUT2D eigenvalue weighted by molar-refractivity contribution is 0.681. The lowest BCUT2D eigenvalue weighted by Gasteiger charge is -2.18. The zero-order valence-electron chi connectivity index (χ0n) is 12.6. The van der Waals surface area contributed by atoms with Gasteiger partial charge in [0.25, 0.3) is 0 Å². The summed E-state index contributed by atoms with van der Waals surface area (Å²) in [6.07, 6.45) is 0. The highest BCUT2D eigenvalue weighted by molar-refractivity contribution is 7.86. The Morgan fingerprint density at radius 2 is 1.09 bits per heavy atom. The molecule has 2 heteroatoms. The number of benzene rings is 3. The number of hydrogen-bond acceptors (Lipinski definition) is 1. The van der Waals surface area contributed by atoms with Crippen molar-refractivity contribution in [3.63, 3.8) is 0 Å². The van der Waals surface area contributed by atoms with Gasteiger partial charge in [-0.3, -0.25) is 4.21 Å². The van der Waals surface area contributed by atoms with Crippen LogP contribution < -0.4 is 0 Å². The van der Waals surface area contributed by atoms with Crippen LogP contribution in [0.2, 0.25) is 0 Å². The summed E-state index contributed by atoms with van der Waals surface area (Å²) in [4.78, 5) is 0.946. The molecule has 1 nitrogen and oxygen atoms in total. The molecule has 112 valence electrons. The van der Waals surface area contributed by atoms with Gasteiger partial charge in [0.2, 0.25) is 0 Å². The summed E-state index contributed by atoms with van der Waals surface area (Å²) in [5.41, 5.74) is 5.37. The molecule has 5 rings (SSSR count). The highest BCUT2D eigenvalue weighted by Gasteiger charge is 2.58. The fraction of sp³-hybridized carbons (Fsp3) is 0.143. The molecule has 0 N–H and O–H groups in total. The van der Waals surface area contributed by atoms with E-state index in [9.17, 15) is 4.21 Å². The van der Waals surface area contributed by atoms with E-state index in [0.717, 1.165) is 4.90 Å². The minimum Gasteiger partial charge on any atom is -0.254 e. The number of fused-ring (bicyclic) bond motifs is 6. The van der Waals surface area contributed by atoms with Crippen molar-refractivity contribution < 1.29 is 4.21 Å². The van der Waals surface area contributed by atoms with Crippen LogP contribution in [-0.4, -0.2) is 9.46 Å². The van der Waals surface area contributed by atoms with Crippen LogP contribution in [0.3, 0.4) is 0 Å². The van der Waals surface area contributed by atoms with Crippen LogP contribution in [0, 0.1) is 0 Å². The second-order valence-corrected chi connectivity index (χ2v) is 7.91. The van der Waals surface area contributed by atoms with E-state index in [1.165, 1.54) is 22.3 Å². The van der Waals surface area contributed by atoms with E-state index in [1.807, 2.05) is 30.3 Å². The first kappa shape index (κ1) is 13.3. The third-order valence-electron chi connectivity index (χ3n) is 5.11. The zero-order chi connectivity index (χ0) is 15.4. The van der Waals surface area contributed by atoms with Crippen molar-refractivity contribution in [1.29, 1.82) is 0 Å². The van der Waals surface area contributed by atoms with E-state index in [4.69, 9.17) is 0 Å². The van der Waals surface area contributed by atoms with Gasteiger partial charge in [0.15, 0.2) is 0 Å². The first-order chi connectivity index (χ1) is 11.4. The van der Waals surface area contributed by atoms with Gasteiger partial charge in [-0.25, -0.2) is 0 Å². The molecule has 4 atom stereocenters. The fourth-order valence-corrected chi connectivity index (χ4v) is 5.88. The summed E-state index contributed by atoms with van der Waals surface area (Å²) in [5, 5.41) is 0.196. The topological polar surface area (TPSA) is 17.1 Å². The average Bonchev–Trinajstić information content (AvgIpc) is 3.38. The molecule has 0 radical (unpaired) electrons. The Morgan fingerprint density at radius 3 is 1.65 bits per heavy atom. The quantitative estimate of drug-likeness (QED) is 0.668. The van der Waals surface area contributed by atoms with Gasteiger partial charge in [0.05, 0.1) is 16.0 Å². The van der Waals surface area contributed by atoms with Crippen LogP contribution in [0.4, 0.5) is 0 Å². The van der Waals surface area contributed by atoms with Crippen molar-refractivity contribution in [1.82, 2.24) is 0 Å². The van der Waals surface area contributed by atoms with Crippen molar-refractivity contribution in [2.75, 3.05) is 0 Å². The summed E-state index contributed by atoms with van der Waals surface area (Å²) < 4.78 is 13.1. The van der Waals surface area contributed by atoms with Gasteiger partial charge in [-0.15, -0.1) is 0 Å². The highest BCUT2D eigenvalue weighted by Crippen LogP contribution is 2.64. The van der Waals surface area contributed by atoms with Crippen molar-refractivity contribution in [2.45, 2.75) is 22.0 Å². The summed E-state index contributed by atoms with van der Waals surface area (Å²) in [7, 11) is -0.958. The largest absolute Gasteiger partial charge is 0.254 e. The minimum absolute atomic E-state index is 0.196. The molecule has 2 aliphatic rings. The SMILES string of the molecule is O=S(c1ccccc1)C1[C@H]2c3ccccc3-c3ccccc3[C@@H]12. The Bertz CT molecular complexity index is 864. The van der Waals surface area contributed by atoms with Crippen LogP contribution >= 0.6 is 0 Å². The molecule has 0 heterocycles. The predicted molar refractivity (Wildman–Crippen MR) is 94.0 cm³/mol. The van der Waals surface area contributed by atoms with Gasteiger partial charge in [-0.05, 0) is 34.4 Å². The summed E-state index contributed by atoms with van der Waals surface area (Å²) in [6, 6.07) is 27.1. The summed E-state index contributed by atoms with van der Waals surface area (Å²) >= 11 is 0. The van der Waals surface area contributed by atoms with Crippen molar-refractivity contribution in [3.05, 3.63) is 90.0 Å². The Morgan fingerprint density at radius 1 is 0.609 bits per heavy atom. The third kappa shape index (κ3) is 1.88. The van der Waals surface area contributed by atoms with E-state index in [-0.39, 0.29) is 5.25 Å². The van der Waals surface area contributed by atoms with Gasteiger partial charge < -0.3 is 0 Å². The predicted octanol–water partition coefficient (Wildman–Crippen LogP) is 4.72. The van der Waals surface area contributed by atoms with Gasteiger partial charge >= 0.3 is 0 Å². The first-order valence-corrected chi connectivity index (χ1v) is 9.21. The molecular formula is C21H16OS. The van der Waals surface area contributed by atoms with Crippen LogP contribution in [0.25, 0.3) is 11.1 Å². The molecule has 0 aliphatic heterocycles. The first-order valence-electron chi connectivity index (χ1n) is 8.00. The normalized spacial score (nSPS) is 25.0. The molecule has 0 aromatic heterocycles. The second-order valence-electron chi connectivity index (χ2n) is 6.30. The smallest absolute Gasteiger partial charge is 0.0573 e. The van der Waals surface area contributed by atoms with Gasteiger partial charge in [0.1, 0.15) is 0 Å². The van der Waals surface area contributed by atoms with Crippen molar-refractivity contribution >= 4 is 10.8 Å². The maximum atomic E-state index is 13.1. The fourth-order valence-electron chi connectivity index (χ4n) is 4.07. The molecule has 3 aromatic carbocycles. The zero-order valence-corrected chi connectivity index (χ0v) is 13.4. The Kier molecular flexibility index (Phi) is 2.83. The van der Waals surface area contributed by atoms with E-state index >= 15 is 0 Å². The van der Waals surface area contributed by atoms with E-state index in [2.05, 4.69) is 48.5 Å². The molecule has 0 bridgehead atoms. The number of rotatable bonds is 2. The molecular weight excluding hydrogens is 300 g/mol. The summed E-state index contributed by atoms with van der Waals surface area (Å²) in [6.45, 7) is 0. The molecule has 23 heavy (non-hydrogen) atoms. The standard InChI is InChI=1S/C21H16OS/c22-23(14-8-2-1-3-9-14)21-19-17-12-6-4-10-15(17)16-11-5-7-13-18(16)20(19)21/h1-13,19-21H/t19-,20+,21?,23?. The molecule has 3 aromatic rings. The summed E-state index contributed by atoms with van der Waals surface area (Å²) in [5.74, 6) is 0.782. The molecule has 0 spiro atoms. The minimum atomic E-state index is -0.958. The van der Waals surface area contributed by atoms with E-state index in [1.54, 1.807) is 0 Å². The Balaban J connectivity index is 1.65. The molecule has 1 fully saturated rings. The Labute approximate surface area is 138 Å². The van der Waals surface area contributed by atoms with Crippen LogP contribution in [0.1, 0.15) is 23.0 Å².